The lowest BCUT2D eigenvalue weighted by Crippen LogP contribution is -2.42. The molecule has 0 fully saturated rings. The van der Waals surface area contributed by atoms with E-state index in [0.717, 1.165) is 12.8 Å². The quantitative estimate of drug-likeness (QED) is 0.331. The lowest BCUT2D eigenvalue weighted by Gasteiger charge is -2.32. The Balaban J connectivity index is 3.11. The van der Waals surface area contributed by atoms with Crippen LogP contribution >= 0.6 is 15.9 Å². The van der Waals surface area contributed by atoms with Gasteiger partial charge >= 0.3 is 5.97 Å². The number of benzene rings is 1. The van der Waals surface area contributed by atoms with Crippen molar-refractivity contribution in [2.45, 2.75) is 58.3 Å². The average molecular weight is 525 g/mol. The number of unbranched alkanes of at least 4 members (excludes halogenated alkanes) is 1. The summed E-state index contributed by atoms with van der Waals surface area (Å²) in [4.78, 5) is 12.4. The smallest absolute Gasteiger partial charge is 0.316 e. The molecule has 9 heteroatoms. The third-order valence-electron chi connectivity index (χ3n) is 5.34. The molecule has 1 rings (SSSR count). The molecular weight excluding hydrogens is 491 g/mol. The highest BCUT2D eigenvalue weighted by Gasteiger charge is 2.43. The van der Waals surface area contributed by atoms with Gasteiger partial charge < -0.3 is 14.9 Å². The maximum atomic E-state index is 14.9. The van der Waals surface area contributed by atoms with Crippen molar-refractivity contribution in [1.82, 2.24) is 0 Å². The van der Waals surface area contributed by atoms with Gasteiger partial charge in [-0.3, -0.25) is 4.79 Å². The minimum atomic E-state index is -3.41. The Bertz CT molecular complexity index is 827. The first-order chi connectivity index (χ1) is 14.4. The zero-order valence-corrected chi connectivity index (χ0v) is 20.9. The highest BCUT2D eigenvalue weighted by molar-refractivity contribution is 9.10. The van der Waals surface area contributed by atoms with Crippen LogP contribution < -0.4 is 0 Å². The molecule has 0 spiro atoms. The van der Waals surface area contributed by atoms with E-state index >= 15 is 0 Å². The third kappa shape index (κ3) is 8.44. The number of carboxylic acid groups (broad SMARTS) is 1. The van der Waals surface area contributed by atoms with Crippen molar-refractivity contribution >= 4 is 31.7 Å². The van der Waals surface area contributed by atoms with Crippen LogP contribution in [0.25, 0.3) is 0 Å². The van der Waals surface area contributed by atoms with Crippen LogP contribution in [0.1, 0.15) is 58.4 Å². The lowest BCUT2D eigenvalue weighted by molar-refractivity contribution is -0.147. The number of aliphatic hydroxyl groups is 1. The summed E-state index contributed by atoms with van der Waals surface area (Å²) in [6.07, 6.45) is 2.56. The fraction of sp³-hybridized carbons (Fsp3) is 0.682. The summed E-state index contributed by atoms with van der Waals surface area (Å²) in [6.45, 7) is 5.36. The standard InChI is InChI=1S/C22H34BrFO6S/c1-4-5-13-30-15-22(20(26)27,17-8-6-9-18(23)19(17)24)11-7-10-21(2,3)16-31(28,29)14-12-25/h6,8-9,25H,4-5,7,10-16H2,1-3H3,(H,26,27). The molecule has 0 aromatic heterocycles. The van der Waals surface area contributed by atoms with Gasteiger partial charge in [-0.2, -0.15) is 0 Å². The number of carbonyl (C=O) groups is 1. The van der Waals surface area contributed by atoms with E-state index in [0.29, 0.717) is 19.4 Å². The van der Waals surface area contributed by atoms with Gasteiger partial charge in [0.15, 0.2) is 9.84 Å². The molecule has 0 aliphatic rings. The molecule has 0 bridgehead atoms. The van der Waals surface area contributed by atoms with Gasteiger partial charge in [-0.25, -0.2) is 12.8 Å². The number of rotatable bonds is 15. The zero-order chi connectivity index (χ0) is 23.7. The molecule has 0 amide bonds. The van der Waals surface area contributed by atoms with E-state index in [1.165, 1.54) is 12.1 Å². The average Bonchev–Trinajstić information content (AvgIpc) is 2.64. The van der Waals surface area contributed by atoms with Gasteiger partial charge in [0.25, 0.3) is 0 Å². The number of halogens is 2. The van der Waals surface area contributed by atoms with Gasteiger partial charge in [0.2, 0.25) is 0 Å². The molecule has 6 nitrogen and oxygen atoms in total. The predicted octanol–water partition coefficient (Wildman–Crippen LogP) is 4.33. The van der Waals surface area contributed by atoms with Gasteiger partial charge in [-0.1, -0.05) is 45.7 Å². The van der Waals surface area contributed by atoms with Gasteiger partial charge in [0.1, 0.15) is 11.2 Å². The summed E-state index contributed by atoms with van der Waals surface area (Å²) < 4.78 is 45.0. The van der Waals surface area contributed by atoms with Crippen LogP contribution in [-0.2, 0) is 24.8 Å². The Morgan fingerprint density at radius 3 is 2.48 bits per heavy atom. The first-order valence-corrected chi connectivity index (χ1v) is 13.1. The second-order valence-electron chi connectivity index (χ2n) is 8.73. The van der Waals surface area contributed by atoms with E-state index in [4.69, 9.17) is 9.84 Å². The predicted molar refractivity (Wildman–Crippen MR) is 123 cm³/mol. The van der Waals surface area contributed by atoms with Crippen LogP contribution in [-0.4, -0.2) is 55.9 Å². The highest BCUT2D eigenvalue weighted by atomic mass is 79.9. The Labute approximate surface area is 193 Å². The second-order valence-corrected chi connectivity index (χ2v) is 11.8. The van der Waals surface area contributed by atoms with Crippen molar-refractivity contribution in [3.05, 3.63) is 34.1 Å². The van der Waals surface area contributed by atoms with E-state index < -0.39 is 39.1 Å². The summed E-state index contributed by atoms with van der Waals surface area (Å²) in [5.74, 6) is -2.22. The van der Waals surface area contributed by atoms with Gasteiger partial charge in [-0.15, -0.1) is 0 Å². The van der Waals surface area contributed by atoms with Crippen molar-refractivity contribution in [2.24, 2.45) is 5.41 Å². The van der Waals surface area contributed by atoms with Crippen molar-refractivity contribution in [3.8, 4) is 0 Å². The second kappa shape index (κ2) is 12.3. The normalized spacial score (nSPS) is 14.4. The van der Waals surface area contributed by atoms with Crippen LogP contribution in [0.5, 0.6) is 0 Å². The molecule has 2 N–H and O–H groups in total. The molecule has 1 unspecified atom stereocenters. The van der Waals surface area contributed by atoms with Gasteiger partial charge in [0, 0.05) is 12.2 Å². The first-order valence-electron chi connectivity index (χ1n) is 10.5. The molecule has 1 aromatic rings. The fourth-order valence-corrected chi connectivity index (χ4v) is 5.81. The SMILES string of the molecule is CCCCOCC(CCCC(C)(C)CS(=O)(=O)CCO)(C(=O)O)c1cccc(Br)c1F. The summed E-state index contributed by atoms with van der Waals surface area (Å²) in [7, 11) is -3.41. The number of hydrogen-bond donors (Lipinski definition) is 2. The van der Waals surface area contributed by atoms with E-state index in [-0.39, 0.29) is 34.6 Å². The van der Waals surface area contributed by atoms with Gasteiger partial charge in [0.05, 0.1) is 29.2 Å². The Morgan fingerprint density at radius 2 is 1.90 bits per heavy atom. The maximum absolute atomic E-state index is 14.9. The molecule has 31 heavy (non-hydrogen) atoms. The molecule has 0 saturated heterocycles. The third-order valence-corrected chi connectivity index (χ3v) is 7.98. The fourth-order valence-electron chi connectivity index (χ4n) is 3.68. The molecule has 0 radical (unpaired) electrons. The van der Waals surface area contributed by atoms with Crippen LogP contribution in [0, 0.1) is 11.2 Å². The Morgan fingerprint density at radius 1 is 1.23 bits per heavy atom. The monoisotopic (exact) mass is 524 g/mol. The molecule has 178 valence electrons. The van der Waals surface area contributed by atoms with E-state index in [1.54, 1.807) is 19.9 Å². The molecular formula is C22H34BrFO6S. The highest BCUT2D eigenvalue weighted by Crippen LogP contribution is 2.37. The zero-order valence-electron chi connectivity index (χ0n) is 18.5. The van der Waals surface area contributed by atoms with E-state index in [9.17, 15) is 22.7 Å². The Hall–Kier alpha value is -1.03. The van der Waals surface area contributed by atoms with Crippen LogP contribution in [0.15, 0.2) is 22.7 Å². The van der Waals surface area contributed by atoms with Crippen LogP contribution in [0.4, 0.5) is 4.39 Å². The topological polar surface area (TPSA) is 101 Å². The van der Waals surface area contributed by atoms with Crippen molar-refractivity contribution in [3.63, 3.8) is 0 Å². The van der Waals surface area contributed by atoms with Crippen molar-refractivity contribution in [2.75, 3.05) is 31.3 Å². The molecule has 0 aliphatic heterocycles. The molecule has 1 aromatic carbocycles. The van der Waals surface area contributed by atoms with Gasteiger partial charge in [-0.05, 0) is 46.7 Å². The molecule has 0 heterocycles. The minimum absolute atomic E-state index is 0.0524. The first kappa shape index (κ1) is 28.0. The summed E-state index contributed by atoms with van der Waals surface area (Å²) in [5.41, 5.74) is -2.14. The summed E-state index contributed by atoms with van der Waals surface area (Å²) >= 11 is 3.13. The number of sulfone groups is 1. The number of aliphatic carboxylic acids is 1. The van der Waals surface area contributed by atoms with Crippen molar-refractivity contribution < 1.29 is 32.6 Å². The maximum Gasteiger partial charge on any atom is 0.316 e. The molecule has 1 atom stereocenters. The van der Waals surface area contributed by atoms with E-state index in [1.807, 2.05) is 6.92 Å². The number of carboxylic acids is 1. The largest absolute Gasteiger partial charge is 0.481 e. The Kier molecular flexibility index (Phi) is 11.1. The summed E-state index contributed by atoms with van der Waals surface area (Å²) in [5, 5.41) is 19.1. The summed E-state index contributed by atoms with van der Waals surface area (Å²) in [6, 6.07) is 4.57. The molecule has 0 aliphatic carbocycles. The number of aliphatic hydroxyl groups excluding tert-OH is 1. The minimum Gasteiger partial charge on any atom is -0.481 e. The number of ether oxygens (including phenoxy) is 1. The van der Waals surface area contributed by atoms with Crippen LogP contribution in [0.2, 0.25) is 0 Å². The molecule has 0 saturated carbocycles. The van der Waals surface area contributed by atoms with Crippen molar-refractivity contribution in [1.29, 1.82) is 0 Å². The lowest BCUT2D eigenvalue weighted by atomic mass is 9.75. The van der Waals surface area contributed by atoms with Crippen LogP contribution in [0.3, 0.4) is 0 Å². The van der Waals surface area contributed by atoms with E-state index in [2.05, 4.69) is 15.9 Å². The number of hydrogen-bond acceptors (Lipinski definition) is 5.